The van der Waals surface area contributed by atoms with Crippen LogP contribution in [0.5, 0.6) is 0 Å². The molecule has 0 aliphatic heterocycles. The van der Waals surface area contributed by atoms with Gasteiger partial charge in [-0.25, -0.2) is 0 Å². The van der Waals surface area contributed by atoms with Crippen molar-refractivity contribution in [3.05, 3.63) is 200 Å². The Kier molecular flexibility index (Phi) is 6.90. The van der Waals surface area contributed by atoms with Crippen LogP contribution in [-0.4, -0.2) is 0 Å². The fourth-order valence-electron chi connectivity index (χ4n) is 8.49. The first-order valence-corrected chi connectivity index (χ1v) is 18.5. The number of fused-ring (bicyclic) bond motifs is 10. The van der Waals surface area contributed by atoms with E-state index in [0.29, 0.717) is 0 Å². The van der Waals surface area contributed by atoms with Gasteiger partial charge in [0.05, 0.1) is 5.69 Å². The topological polar surface area (TPSA) is 16.4 Å². The predicted molar refractivity (Wildman–Crippen MR) is 229 cm³/mol. The normalized spacial score (nSPS) is 11.7. The Bertz CT molecular complexity index is 3200. The molecule has 0 saturated heterocycles. The van der Waals surface area contributed by atoms with Crippen molar-refractivity contribution in [3.8, 4) is 22.3 Å². The van der Waals surface area contributed by atoms with Crippen LogP contribution in [0, 0.1) is 0 Å². The van der Waals surface area contributed by atoms with Crippen molar-refractivity contribution in [2.75, 3.05) is 4.90 Å². The highest BCUT2D eigenvalue weighted by Gasteiger charge is 2.20. The van der Waals surface area contributed by atoms with Crippen molar-refractivity contribution < 1.29 is 4.42 Å². The molecule has 0 atom stereocenters. The van der Waals surface area contributed by atoms with Gasteiger partial charge in [0.25, 0.3) is 0 Å². The van der Waals surface area contributed by atoms with Crippen LogP contribution in [0.1, 0.15) is 0 Å². The van der Waals surface area contributed by atoms with E-state index in [1.807, 2.05) is 6.07 Å². The highest BCUT2D eigenvalue weighted by molar-refractivity contribution is 6.24. The molecular weight excluding hydrogens is 655 g/mol. The maximum Gasteiger partial charge on any atom is 0.143 e. The predicted octanol–water partition coefficient (Wildman–Crippen LogP) is 15.0. The summed E-state index contributed by atoms with van der Waals surface area (Å²) >= 11 is 0. The number of para-hydroxylation sites is 2. The molecule has 0 N–H and O–H groups in total. The third-order valence-corrected chi connectivity index (χ3v) is 11.0. The number of furan rings is 1. The fraction of sp³-hybridized carbons (Fsp3) is 0. The molecule has 2 heteroatoms. The molecule has 0 aliphatic carbocycles. The molecule has 0 saturated carbocycles. The van der Waals surface area contributed by atoms with Crippen molar-refractivity contribution in [1.82, 2.24) is 0 Å². The molecule has 1 aromatic heterocycles. The van der Waals surface area contributed by atoms with Gasteiger partial charge < -0.3 is 9.32 Å². The molecule has 0 unspecified atom stereocenters. The minimum absolute atomic E-state index is 0.904. The summed E-state index contributed by atoms with van der Waals surface area (Å²) < 4.78 is 6.54. The summed E-state index contributed by atoms with van der Waals surface area (Å²) in [6.07, 6.45) is 0. The minimum Gasteiger partial charge on any atom is -0.455 e. The molecule has 1 heterocycles. The zero-order chi connectivity index (χ0) is 35.6. The lowest BCUT2D eigenvalue weighted by atomic mass is 9.90. The first kappa shape index (κ1) is 30.5. The van der Waals surface area contributed by atoms with Crippen LogP contribution in [0.15, 0.2) is 205 Å². The van der Waals surface area contributed by atoms with Gasteiger partial charge in [-0.15, -0.1) is 0 Å². The lowest BCUT2D eigenvalue weighted by molar-refractivity contribution is 0.672. The Labute approximate surface area is 312 Å². The van der Waals surface area contributed by atoms with Gasteiger partial charge in [0.15, 0.2) is 0 Å². The van der Waals surface area contributed by atoms with Crippen LogP contribution in [0.4, 0.5) is 17.1 Å². The summed E-state index contributed by atoms with van der Waals surface area (Å²) in [5.74, 6) is 0. The molecule has 0 radical (unpaired) electrons. The van der Waals surface area contributed by atoms with Crippen LogP contribution in [0.3, 0.4) is 0 Å². The minimum atomic E-state index is 0.904. The van der Waals surface area contributed by atoms with E-state index in [4.69, 9.17) is 4.42 Å². The van der Waals surface area contributed by atoms with E-state index in [0.717, 1.165) is 55.3 Å². The summed E-state index contributed by atoms with van der Waals surface area (Å²) in [5, 5.41) is 12.1. The molecule has 0 fully saturated rings. The molecule has 0 amide bonds. The zero-order valence-electron chi connectivity index (χ0n) is 29.4. The largest absolute Gasteiger partial charge is 0.455 e. The van der Waals surface area contributed by atoms with Crippen LogP contribution in [0.25, 0.3) is 87.3 Å². The van der Waals surface area contributed by atoms with Crippen molar-refractivity contribution in [2.24, 2.45) is 0 Å². The van der Waals surface area contributed by atoms with Crippen molar-refractivity contribution in [2.45, 2.75) is 0 Å². The van der Waals surface area contributed by atoms with Gasteiger partial charge in [-0.1, -0.05) is 152 Å². The average Bonchev–Trinajstić information content (AvgIpc) is 3.63. The smallest absolute Gasteiger partial charge is 0.143 e. The van der Waals surface area contributed by atoms with Gasteiger partial charge in [-0.2, -0.15) is 0 Å². The zero-order valence-corrected chi connectivity index (χ0v) is 29.4. The highest BCUT2D eigenvalue weighted by atomic mass is 16.3. The van der Waals surface area contributed by atoms with E-state index in [1.54, 1.807) is 0 Å². The molecule has 0 spiro atoms. The van der Waals surface area contributed by atoms with Gasteiger partial charge >= 0.3 is 0 Å². The van der Waals surface area contributed by atoms with Crippen LogP contribution < -0.4 is 4.90 Å². The summed E-state index contributed by atoms with van der Waals surface area (Å²) in [4.78, 5) is 2.39. The molecule has 252 valence electrons. The second-order valence-corrected chi connectivity index (χ2v) is 14.1. The summed E-state index contributed by atoms with van der Waals surface area (Å²) in [6.45, 7) is 0. The number of anilines is 3. The Hall–Kier alpha value is -7.16. The first-order chi connectivity index (χ1) is 26.8. The van der Waals surface area contributed by atoms with Crippen molar-refractivity contribution in [1.29, 1.82) is 0 Å². The van der Waals surface area contributed by atoms with Crippen LogP contribution >= 0.6 is 0 Å². The van der Waals surface area contributed by atoms with E-state index in [1.165, 1.54) is 49.0 Å². The molecule has 0 aliphatic rings. The number of hydrogen-bond acceptors (Lipinski definition) is 2. The lowest BCUT2D eigenvalue weighted by Gasteiger charge is -2.28. The Balaban J connectivity index is 1.12. The maximum atomic E-state index is 6.54. The lowest BCUT2D eigenvalue weighted by Crippen LogP contribution is -2.11. The number of nitrogens with zero attached hydrogens (tertiary/aromatic N) is 1. The number of rotatable bonds is 5. The fourth-order valence-corrected chi connectivity index (χ4v) is 8.49. The number of hydrogen-bond donors (Lipinski definition) is 0. The quantitative estimate of drug-likeness (QED) is 0.168. The molecule has 11 aromatic rings. The summed E-state index contributed by atoms with van der Waals surface area (Å²) in [6, 6.07) is 72.3. The SMILES string of the molecule is c1ccc(-c2ccccc2N(c2ccc(-c3cc4ccccc4c4c3ccc3ccccc34)cc2)c2ccc3ccc4c5ccccc5oc4c3c2)cc1. The first-order valence-electron chi connectivity index (χ1n) is 18.5. The summed E-state index contributed by atoms with van der Waals surface area (Å²) in [7, 11) is 0. The Morgan fingerprint density at radius 3 is 1.76 bits per heavy atom. The second kappa shape index (κ2) is 12.2. The van der Waals surface area contributed by atoms with E-state index < -0.39 is 0 Å². The van der Waals surface area contributed by atoms with Crippen molar-refractivity contribution in [3.63, 3.8) is 0 Å². The molecule has 10 aromatic carbocycles. The van der Waals surface area contributed by atoms with Gasteiger partial charge in [0.2, 0.25) is 0 Å². The molecule has 0 bridgehead atoms. The van der Waals surface area contributed by atoms with Crippen LogP contribution in [0.2, 0.25) is 0 Å². The number of benzene rings is 10. The Morgan fingerprint density at radius 2 is 0.926 bits per heavy atom. The summed E-state index contributed by atoms with van der Waals surface area (Å²) in [5.41, 5.74) is 9.82. The van der Waals surface area contributed by atoms with Crippen LogP contribution in [-0.2, 0) is 0 Å². The van der Waals surface area contributed by atoms with Crippen molar-refractivity contribution >= 4 is 82.1 Å². The van der Waals surface area contributed by atoms with E-state index >= 15 is 0 Å². The average molecular weight is 688 g/mol. The van der Waals surface area contributed by atoms with Gasteiger partial charge in [-0.05, 0) is 103 Å². The van der Waals surface area contributed by atoms with E-state index in [2.05, 4.69) is 199 Å². The maximum absolute atomic E-state index is 6.54. The van der Waals surface area contributed by atoms with Gasteiger partial charge in [0.1, 0.15) is 11.2 Å². The van der Waals surface area contributed by atoms with Gasteiger partial charge in [0, 0.05) is 33.1 Å². The van der Waals surface area contributed by atoms with E-state index in [9.17, 15) is 0 Å². The molecule has 11 rings (SSSR count). The highest BCUT2D eigenvalue weighted by Crippen LogP contribution is 2.45. The second-order valence-electron chi connectivity index (χ2n) is 14.1. The molecule has 2 nitrogen and oxygen atoms in total. The third-order valence-electron chi connectivity index (χ3n) is 11.0. The molecular formula is C52H33NO. The standard InChI is InChI=1S/C52H33NO/c1-2-12-34(13-3-1)41-16-8-10-20-49(41)53(40-29-24-37-26-31-46-44-19-9-11-21-50(44)54-52(46)48(37)33-40)39-27-22-36(23-28-39)47-32-38-15-5-7-18-43(38)51-42-17-6-4-14-35(42)25-30-45(47)51/h1-33H. The monoisotopic (exact) mass is 687 g/mol. The third kappa shape index (κ3) is 4.81. The molecule has 54 heavy (non-hydrogen) atoms. The van der Waals surface area contributed by atoms with Gasteiger partial charge in [-0.3, -0.25) is 0 Å². The van der Waals surface area contributed by atoms with E-state index in [-0.39, 0.29) is 0 Å². The Morgan fingerprint density at radius 1 is 0.333 bits per heavy atom.